The number of aliphatic hydroxyl groups is 1. The Morgan fingerprint density at radius 1 is 1.12 bits per heavy atom. The van der Waals surface area contributed by atoms with Gasteiger partial charge in [0.05, 0.1) is 0 Å². The van der Waals surface area contributed by atoms with Crippen molar-refractivity contribution in [1.82, 2.24) is 0 Å². The molecule has 0 bridgehead atoms. The van der Waals surface area contributed by atoms with E-state index in [2.05, 4.69) is 43.0 Å². The van der Waals surface area contributed by atoms with Gasteiger partial charge in [-0.2, -0.15) is 0 Å². The van der Waals surface area contributed by atoms with Gasteiger partial charge in [0, 0.05) is 10.9 Å². The van der Waals surface area contributed by atoms with Crippen LogP contribution in [0, 0.1) is 11.8 Å². The van der Waals surface area contributed by atoms with Gasteiger partial charge in [-0.1, -0.05) is 55.5 Å². The maximum absolute atomic E-state index is 8.80. The molecule has 2 aromatic carbocycles. The molecule has 0 saturated carbocycles. The molecule has 0 aliphatic heterocycles. The SMILES string of the molecule is CCCc1cccc2cccc(C#CCO)c12. The molecule has 0 aliphatic rings. The molecule has 0 unspecified atom stereocenters. The van der Waals surface area contributed by atoms with Crippen LogP contribution in [0.15, 0.2) is 36.4 Å². The molecule has 2 aromatic rings. The molecule has 0 radical (unpaired) electrons. The Morgan fingerprint density at radius 2 is 1.88 bits per heavy atom. The van der Waals surface area contributed by atoms with Crippen molar-refractivity contribution in [3.63, 3.8) is 0 Å². The van der Waals surface area contributed by atoms with Gasteiger partial charge in [-0.25, -0.2) is 0 Å². The summed E-state index contributed by atoms with van der Waals surface area (Å²) in [7, 11) is 0. The van der Waals surface area contributed by atoms with E-state index in [0.29, 0.717) is 0 Å². The zero-order valence-corrected chi connectivity index (χ0v) is 10.0. The minimum absolute atomic E-state index is 0.0909. The lowest BCUT2D eigenvalue weighted by Crippen LogP contribution is -1.89. The smallest absolute Gasteiger partial charge is 0.104 e. The number of fused-ring (bicyclic) bond motifs is 1. The lowest BCUT2D eigenvalue weighted by atomic mass is 9.97. The second kappa shape index (κ2) is 5.52. The van der Waals surface area contributed by atoms with Crippen molar-refractivity contribution in [3.8, 4) is 11.8 Å². The fourth-order valence-corrected chi connectivity index (χ4v) is 2.14. The van der Waals surface area contributed by atoms with Crippen LogP contribution < -0.4 is 0 Å². The molecular weight excluding hydrogens is 208 g/mol. The van der Waals surface area contributed by atoms with Gasteiger partial charge in [0.15, 0.2) is 0 Å². The minimum Gasteiger partial charge on any atom is -0.384 e. The van der Waals surface area contributed by atoms with Crippen molar-refractivity contribution in [2.24, 2.45) is 0 Å². The first-order valence-corrected chi connectivity index (χ1v) is 5.97. The molecule has 1 N–H and O–H groups in total. The standard InChI is InChI=1S/C16H16O/c1-2-6-13-7-3-8-14-9-4-10-15(16(13)14)11-5-12-17/h3-4,7-10,17H,2,6,12H2,1H3. The summed E-state index contributed by atoms with van der Waals surface area (Å²) in [4.78, 5) is 0. The van der Waals surface area contributed by atoms with Crippen LogP contribution in [0.5, 0.6) is 0 Å². The van der Waals surface area contributed by atoms with Gasteiger partial charge >= 0.3 is 0 Å². The highest BCUT2D eigenvalue weighted by Gasteiger charge is 2.03. The van der Waals surface area contributed by atoms with Crippen molar-refractivity contribution in [2.75, 3.05) is 6.61 Å². The van der Waals surface area contributed by atoms with Crippen LogP contribution in [0.4, 0.5) is 0 Å². The van der Waals surface area contributed by atoms with Crippen LogP contribution in [0.2, 0.25) is 0 Å². The monoisotopic (exact) mass is 224 g/mol. The molecule has 0 amide bonds. The normalized spacial score (nSPS) is 10.0. The molecule has 1 nitrogen and oxygen atoms in total. The molecule has 1 heteroatoms. The highest BCUT2D eigenvalue weighted by Crippen LogP contribution is 2.23. The Labute approximate surface area is 102 Å². The summed E-state index contributed by atoms with van der Waals surface area (Å²) in [6.07, 6.45) is 2.19. The zero-order chi connectivity index (χ0) is 12.1. The van der Waals surface area contributed by atoms with Crippen LogP contribution in [0.1, 0.15) is 24.5 Å². The van der Waals surface area contributed by atoms with Gasteiger partial charge in [-0.15, -0.1) is 0 Å². The average molecular weight is 224 g/mol. The van der Waals surface area contributed by atoms with E-state index in [9.17, 15) is 0 Å². The molecule has 86 valence electrons. The van der Waals surface area contributed by atoms with Gasteiger partial charge in [0.25, 0.3) is 0 Å². The first kappa shape index (κ1) is 11.7. The molecular formula is C16H16O. The number of hydrogen-bond acceptors (Lipinski definition) is 1. The van der Waals surface area contributed by atoms with Crippen molar-refractivity contribution < 1.29 is 5.11 Å². The Bertz CT molecular complexity index is 568. The van der Waals surface area contributed by atoms with Crippen LogP contribution in [-0.2, 0) is 6.42 Å². The third-order valence-corrected chi connectivity index (χ3v) is 2.81. The van der Waals surface area contributed by atoms with Crippen molar-refractivity contribution in [1.29, 1.82) is 0 Å². The molecule has 2 rings (SSSR count). The van der Waals surface area contributed by atoms with E-state index >= 15 is 0 Å². The number of benzene rings is 2. The summed E-state index contributed by atoms with van der Waals surface area (Å²) in [5, 5.41) is 11.3. The van der Waals surface area contributed by atoms with Gasteiger partial charge in [0.2, 0.25) is 0 Å². The summed E-state index contributed by atoms with van der Waals surface area (Å²) in [5.41, 5.74) is 2.36. The second-order valence-electron chi connectivity index (χ2n) is 4.03. The van der Waals surface area contributed by atoms with Crippen LogP contribution in [0.3, 0.4) is 0 Å². The molecule has 0 aromatic heterocycles. The maximum atomic E-state index is 8.80. The highest BCUT2D eigenvalue weighted by atomic mass is 16.2. The summed E-state index contributed by atoms with van der Waals surface area (Å²) in [6.45, 7) is 2.09. The van der Waals surface area contributed by atoms with E-state index < -0.39 is 0 Å². The van der Waals surface area contributed by atoms with E-state index in [4.69, 9.17) is 5.11 Å². The predicted molar refractivity (Wildman–Crippen MR) is 71.9 cm³/mol. The summed E-state index contributed by atoms with van der Waals surface area (Å²) >= 11 is 0. The topological polar surface area (TPSA) is 20.2 Å². The lowest BCUT2D eigenvalue weighted by molar-refractivity contribution is 0.350. The summed E-state index contributed by atoms with van der Waals surface area (Å²) in [5.74, 6) is 5.77. The van der Waals surface area contributed by atoms with Crippen molar-refractivity contribution >= 4 is 10.8 Å². The van der Waals surface area contributed by atoms with Crippen LogP contribution >= 0.6 is 0 Å². The van der Waals surface area contributed by atoms with Gasteiger partial charge in [0.1, 0.15) is 6.61 Å². The minimum atomic E-state index is -0.0909. The van der Waals surface area contributed by atoms with Crippen molar-refractivity contribution in [2.45, 2.75) is 19.8 Å². The van der Waals surface area contributed by atoms with E-state index in [-0.39, 0.29) is 6.61 Å². The lowest BCUT2D eigenvalue weighted by Gasteiger charge is -2.07. The highest BCUT2D eigenvalue weighted by molar-refractivity contribution is 5.91. The first-order chi connectivity index (χ1) is 8.36. The van der Waals surface area contributed by atoms with Crippen LogP contribution in [-0.4, -0.2) is 11.7 Å². The number of rotatable bonds is 2. The van der Waals surface area contributed by atoms with Gasteiger partial charge in [-0.05, 0) is 23.4 Å². The molecule has 0 spiro atoms. The molecule has 17 heavy (non-hydrogen) atoms. The van der Waals surface area contributed by atoms with Crippen LogP contribution in [0.25, 0.3) is 10.8 Å². The van der Waals surface area contributed by atoms with Gasteiger partial charge < -0.3 is 5.11 Å². The Kier molecular flexibility index (Phi) is 3.80. The van der Waals surface area contributed by atoms with E-state index in [1.165, 1.54) is 16.3 Å². The number of aryl methyl sites for hydroxylation is 1. The number of aliphatic hydroxyl groups excluding tert-OH is 1. The molecule has 0 saturated heterocycles. The number of hydrogen-bond donors (Lipinski definition) is 1. The molecule has 0 fully saturated rings. The Balaban J connectivity index is 2.66. The van der Waals surface area contributed by atoms with E-state index in [0.717, 1.165) is 18.4 Å². The largest absolute Gasteiger partial charge is 0.384 e. The van der Waals surface area contributed by atoms with Crippen molar-refractivity contribution in [3.05, 3.63) is 47.5 Å². The predicted octanol–water partition coefficient (Wildman–Crippen LogP) is 3.14. The fraction of sp³-hybridized carbons (Fsp3) is 0.250. The third kappa shape index (κ3) is 2.49. The fourth-order valence-electron chi connectivity index (χ4n) is 2.14. The molecule has 0 heterocycles. The Hall–Kier alpha value is -1.78. The summed E-state index contributed by atoms with van der Waals surface area (Å²) < 4.78 is 0. The zero-order valence-electron chi connectivity index (χ0n) is 10.0. The summed E-state index contributed by atoms with van der Waals surface area (Å²) in [6, 6.07) is 12.5. The van der Waals surface area contributed by atoms with E-state index in [1.54, 1.807) is 0 Å². The second-order valence-corrected chi connectivity index (χ2v) is 4.03. The van der Waals surface area contributed by atoms with E-state index in [1.807, 2.05) is 12.1 Å². The molecule has 0 atom stereocenters. The first-order valence-electron chi connectivity index (χ1n) is 5.97. The van der Waals surface area contributed by atoms with Gasteiger partial charge in [-0.3, -0.25) is 0 Å². The average Bonchev–Trinajstić information content (AvgIpc) is 2.37. The maximum Gasteiger partial charge on any atom is 0.104 e. The third-order valence-electron chi connectivity index (χ3n) is 2.81. The quantitative estimate of drug-likeness (QED) is 0.777. The Morgan fingerprint density at radius 3 is 2.59 bits per heavy atom. The molecule has 0 aliphatic carbocycles.